The minimum atomic E-state index is -4.38. The summed E-state index contributed by atoms with van der Waals surface area (Å²) < 4.78 is 41.2. The molecule has 0 aromatic heterocycles. The normalized spacial score (nSPS) is 14.4. The van der Waals surface area contributed by atoms with Gasteiger partial charge in [-0.05, 0) is 30.2 Å². The van der Waals surface area contributed by atoms with Crippen LogP contribution in [0.5, 0.6) is 5.75 Å². The van der Waals surface area contributed by atoms with E-state index in [1.54, 1.807) is 26.0 Å². The van der Waals surface area contributed by atoms with E-state index in [1.165, 1.54) is 12.1 Å². The average molecular weight is 417 g/mol. The number of hydrogen-bond acceptors (Lipinski definition) is 3. The number of hydrogen-bond donors (Lipinski definition) is 2. The zero-order valence-corrected chi connectivity index (χ0v) is 16.4. The molecule has 0 saturated heterocycles. The van der Waals surface area contributed by atoms with Gasteiger partial charge in [0, 0.05) is 6.04 Å². The van der Waals surface area contributed by atoms with Crippen molar-refractivity contribution >= 4 is 18.3 Å². The summed E-state index contributed by atoms with van der Waals surface area (Å²) in [6.07, 6.45) is -4.38. The second-order valence-corrected chi connectivity index (χ2v) is 6.43. The predicted molar refractivity (Wildman–Crippen MR) is 104 cm³/mol. The first kappa shape index (κ1) is 23.8. The van der Waals surface area contributed by atoms with Crippen LogP contribution in [0.1, 0.15) is 37.1 Å². The van der Waals surface area contributed by atoms with Gasteiger partial charge in [-0.3, -0.25) is 4.79 Å². The van der Waals surface area contributed by atoms with Crippen molar-refractivity contribution < 1.29 is 22.7 Å². The molecule has 0 radical (unpaired) electrons. The van der Waals surface area contributed by atoms with Gasteiger partial charge in [0.2, 0.25) is 5.91 Å². The lowest BCUT2D eigenvalue weighted by Crippen LogP contribution is -2.36. The van der Waals surface area contributed by atoms with E-state index in [2.05, 4.69) is 10.1 Å². The first-order valence-electron chi connectivity index (χ1n) is 8.58. The second kappa shape index (κ2) is 10.3. The Bertz CT molecular complexity index is 739. The summed E-state index contributed by atoms with van der Waals surface area (Å²) in [5.74, 6) is -0.519. The summed E-state index contributed by atoms with van der Waals surface area (Å²) >= 11 is 0. The van der Waals surface area contributed by atoms with Gasteiger partial charge in [0.05, 0.1) is 12.0 Å². The van der Waals surface area contributed by atoms with Crippen LogP contribution >= 0.6 is 12.4 Å². The smallest absolute Gasteiger partial charge is 0.422 e. The first-order chi connectivity index (χ1) is 12.7. The maximum atomic E-state index is 12.5. The Morgan fingerprint density at radius 3 is 2.14 bits per heavy atom. The fourth-order valence-electron chi connectivity index (χ4n) is 2.57. The van der Waals surface area contributed by atoms with Gasteiger partial charge in [-0.25, -0.2) is 0 Å². The third-order valence-electron chi connectivity index (χ3n) is 4.28. The summed E-state index contributed by atoms with van der Waals surface area (Å²) in [5.41, 5.74) is 7.80. The Balaban J connectivity index is 0.00000392. The maximum Gasteiger partial charge on any atom is 0.422 e. The third kappa shape index (κ3) is 7.05. The largest absolute Gasteiger partial charge is 0.484 e. The first-order valence-corrected chi connectivity index (χ1v) is 8.58. The molecular formula is C20H24ClF3N2O2. The van der Waals surface area contributed by atoms with Crippen LogP contribution in [0.2, 0.25) is 0 Å². The van der Waals surface area contributed by atoms with E-state index in [9.17, 15) is 18.0 Å². The van der Waals surface area contributed by atoms with E-state index in [-0.39, 0.29) is 30.1 Å². The lowest BCUT2D eigenvalue weighted by atomic mass is 9.94. The highest BCUT2D eigenvalue weighted by Crippen LogP contribution is 2.23. The number of benzene rings is 2. The molecule has 2 aromatic carbocycles. The minimum Gasteiger partial charge on any atom is -0.484 e. The Labute approximate surface area is 168 Å². The lowest BCUT2D eigenvalue weighted by Gasteiger charge is -2.22. The Morgan fingerprint density at radius 1 is 1.04 bits per heavy atom. The molecule has 0 saturated carbocycles. The molecule has 3 N–H and O–H groups in total. The molecule has 0 spiro atoms. The van der Waals surface area contributed by atoms with Crippen molar-refractivity contribution in [3.05, 3.63) is 65.7 Å². The number of carbonyl (C=O) groups excluding carboxylic acids is 1. The highest BCUT2D eigenvalue weighted by Gasteiger charge is 2.28. The van der Waals surface area contributed by atoms with Crippen molar-refractivity contribution in [1.29, 1.82) is 0 Å². The van der Waals surface area contributed by atoms with Gasteiger partial charge in [-0.2, -0.15) is 13.2 Å². The van der Waals surface area contributed by atoms with Crippen LogP contribution in [0.15, 0.2) is 54.6 Å². The lowest BCUT2D eigenvalue weighted by molar-refractivity contribution is -0.153. The summed E-state index contributed by atoms with van der Waals surface area (Å²) in [5, 5.41) is 2.88. The molecular weight excluding hydrogens is 393 g/mol. The number of amides is 1. The summed E-state index contributed by atoms with van der Waals surface area (Å²) in [7, 11) is 0. The van der Waals surface area contributed by atoms with E-state index in [0.717, 1.165) is 11.1 Å². The molecule has 28 heavy (non-hydrogen) atoms. The number of halogens is 4. The van der Waals surface area contributed by atoms with Crippen molar-refractivity contribution in [3.63, 3.8) is 0 Å². The fraction of sp³-hybridized carbons (Fsp3) is 0.350. The molecule has 0 aliphatic carbocycles. The van der Waals surface area contributed by atoms with Gasteiger partial charge < -0.3 is 15.8 Å². The Hall–Kier alpha value is -2.25. The van der Waals surface area contributed by atoms with Gasteiger partial charge in [0.15, 0.2) is 6.61 Å². The molecule has 0 fully saturated rings. The van der Waals surface area contributed by atoms with Gasteiger partial charge in [0.25, 0.3) is 0 Å². The standard InChI is InChI=1S/C20H23F3N2O2.ClH/c1-13(18(24)16-6-4-3-5-7-16)19(26)25-14(2)15-8-10-17(11-9-15)27-12-20(21,22)23;/h3-11,13-14,18H,12,24H2,1-2H3,(H,25,26);1H. The molecule has 2 aromatic rings. The van der Waals surface area contributed by atoms with Crippen molar-refractivity contribution in [2.75, 3.05) is 6.61 Å². The fourth-order valence-corrected chi connectivity index (χ4v) is 2.57. The van der Waals surface area contributed by atoms with Crippen LogP contribution in [-0.2, 0) is 4.79 Å². The molecule has 4 nitrogen and oxygen atoms in total. The van der Waals surface area contributed by atoms with Gasteiger partial charge >= 0.3 is 6.18 Å². The number of nitrogens with two attached hydrogens (primary N) is 1. The van der Waals surface area contributed by atoms with Gasteiger partial charge in [-0.1, -0.05) is 49.4 Å². The monoisotopic (exact) mass is 416 g/mol. The van der Waals surface area contributed by atoms with E-state index in [4.69, 9.17) is 5.73 Å². The van der Waals surface area contributed by atoms with Crippen molar-refractivity contribution in [2.24, 2.45) is 11.7 Å². The van der Waals surface area contributed by atoms with E-state index < -0.39 is 24.7 Å². The molecule has 0 bridgehead atoms. The predicted octanol–water partition coefficient (Wildman–Crippen LogP) is 4.56. The van der Waals surface area contributed by atoms with Crippen molar-refractivity contribution in [2.45, 2.75) is 32.1 Å². The summed E-state index contributed by atoms with van der Waals surface area (Å²) in [4.78, 5) is 12.5. The molecule has 0 aliphatic rings. The molecule has 154 valence electrons. The van der Waals surface area contributed by atoms with E-state index in [1.807, 2.05) is 30.3 Å². The van der Waals surface area contributed by atoms with E-state index in [0.29, 0.717) is 0 Å². The molecule has 8 heteroatoms. The Morgan fingerprint density at radius 2 is 1.61 bits per heavy atom. The zero-order chi connectivity index (χ0) is 20.0. The SMILES string of the molecule is CC(NC(=O)C(C)C(N)c1ccccc1)c1ccc(OCC(F)(F)F)cc1.Cl. The third-order valence-corrected chi connectivity index (χ3v) is 4.28. The van der Waals surface area contributed by atoms with Gasteiger partial charge in [-0.15, -0.1) is 12.4 Å². The van der Waals surface area contributed by atoms with Crippen molar-refractivity contribution in [1.82, 2.24) is 5.32 Å². The van der Waals surface area contributed by atoms with Crippen LogP contribution in [-0.4, -0.2) is 18.7 Å². The molecule has 1 amide bonds. The van der Waals surface area contributed by atoms with Crippen LogP contribution in [0, 0.1) is 5.92 Å². The number of carbonyl (C=O) groups is 1. The van der Waals surface area contributed by atoms with Gasteiger partial charge in [0.1, 0.15) is 5.75 Å². The van der Waals surface area contributed by atoms with Crippen molar-refractivity contribution in [3.8, 4) is 5.75 Å². The number of alkyl halides is 3. The molecule has 2 rings (SSSR count). The van der Waals surface area contributed by atoms with E-state index >= 15 is 0 Å². The van der Waals surface area contributed by atoms with Crippen LogP contribution in [0.3, 0.4) is 0 Å². The molecule has 3 atom stereocenters. The highest BCUT2D eigenvalue weighted by molar-refractivity contribution is 5.85. The number of rotatable bonds is 7. The second-order valence-electron chi connectivity index (χ2n) is 6.43. The summed E-state index contributed by atoms with van der Waals surface area (Å²) in [6, 6.07) is 14.7. The topological polar surface area (TPSA) is 64.4 Å². The van der Waals surface area contributed by atoms with Crippen LogP contribution in [0.4, 0.5) is 13.2 Å². The molecule has 0 aliphatic heterocycles. The minimum absolute atomic E-state index is 0. The maximum absolute atomic E-state index is 12.5. The average Bonchev–Trinajstić information content (AvgIpc) is 2.65. The zero-order valence-electron chi connectivity index (χ0n) is 15.6. The molecule has 0 heterocycles. The number of nitrogens with one attached hydrogen (secondary N) is 1. The quantitative estimate of drug-likeness (QED) is 0.695. The summed E-state index contributed by atoms with van der Waals surface area (Å²) in [6.45, 7) is 2.21. The molecule has 3 unspecified atom stereocenters. The number of ether oxygens (including phenoxy) is 1. The van der Waals surface area contributed by atoms with Crippen LogP contribution < -0.4 is 15.8 Å². The highest BCUT2D eigenvalue weighted by atomic mass is 35.5. The van der Waals surface area contributed by atoms with Crippen LogP contribution in [0.25, 0.3) is 0 Å². The Kier molecular flexibility index (Phi) is 8.78.